The number of rotatable bonds is 6. The molecule has 3 rings (SSSR count). The van der Waals surface area contributed by atoms with Crippen LogP contribution in [0.4, 0.5) is 15.3 Å². The summed E-state index contributed by atoms with van der Waals surface area (Å²) >= 11 is 0. The maximum Gasteiger partial charge on any atom is 0.325 e. The van der Waals surface area contributed by atoms with Crippen molar-refractivity contribution in [3.05, 3.63) is 59.2 Å². The van der Waals surface area contributed by atoms with Gasteiger partial charge < -0.3 is 15.4 Å². The number of carbonyl (C=O) groups is 4. The topological polar surface area (TPSA) is 117 Å². The van der Waals surface area contributed by atoms with Gasteiger partial charge in [0.05, 0.1) is 7.11 Å². The highest BCUT2D eigenvalue weighted by atomic mass is 16.5. The molecule has 9 nitrogen and oxygen atoms in total. The van der Waals surface area contributed by atoms with E-state index in [1.54, 1.807) is 37.3 Å². The van der Waals surface area contributed by atoms with Gasteiger partial charge >= 0.3 is 12.1 Å². The van der Waals surface area contributed by atoms with E-state index < -0.39 is 36.0 Å². The molecule has 0 unspecified atom stereocenters. The van der Waals surface area contributed by atoms with Crippen LogP contribution in [0, 0.1) is 13.8 Å². The Kier molecular flexibility index (Phi) is 6.47. The van der Waals surface area contributed by atoms with Crippen LogP contribution in [0.1, 0.15) is 30.0 Å². The van der Waals surface area contributed by atoms with Gasteiger partial charge in [-0.1, -0.05) is 36.8 Å². The molecule has 0 bridgehead atoms. The van der Waals surface area contributed by atoms with Gasteiger partial charge in [0.2, 0.25) is 5.91 Å². The molecular formula is C23H26N4O5. The van der Waals surface area contributed by atoms with E-state index in [1.807, 2.05) is 26.0 Å². The summed E-state index contributed by atoms with van der Waals surface area (Å²) in [7, 11) is 1.53. The van der Waals surface area contributed by atoms with Crippen molar-refractivity contribution in [1.82, 2.24) is 15.5 Å². The molecule has 1 fully saturated rings. The monoisotopic (exact) mass is 438 g/mol. The summed E-state index contributed by atoms with van der Waals surface area (Å²) in [6.07, 6.45) is 0.287. The zero-order valence-corrected chi connectivity index (χ0v) is 18.4. The third-order valence-electron chi connectivity index (χ3n) is 5.47. The van der Waals surface area contributed by atoms with Crippen LogP contribution in [0.3, 0.4) is 0 Å². The highest BCUT2D eigenvalue weighted by Gasteiger charge is 2.51. The second-order valence-electron chi connectivity index (χ2n) is 7.63. The van der Waals surface area contributed by atoms with Gasteiger partial charge in [-0.15, -0.1) is 0 Å². The lowest BCUT2D eigenvalue weighted by Gasteiger charge is -2.25. The van der Waals surface area contributed by atoms with Crippen molar-refractivity contribution < 1.29 is 23.9 Å². The van der Waals surface area contributed by atoms with Crippen LogP contribution in [0.25, 0.3) is 0 Å². The third kappa shape index (κ3) is 4.41. The van der Waals surface area contributed by atoms with E-state index in [0.717, 1.165) is 16.0 Å². The molecule has 0 spiro atoms. The predicted molar refractivity (Wildman–Crippen MR) is 118 cm³/mol. The summed E-state index contributed by atoms with van der Waals surface area (Å²) in [4.78, 5) is 51.1. The Morgan fingerprint density at radius 1 is 1.09 bits per heavy atom. The number of urea groups is 2. The van der Waals surface area contributed by atoms with E-state index in [0.29, 0.717) is 17.0 Å². The van der Waals surface area contributed by atoms with Crippen LogP contribution < -0.4 is 20.7 Å². The van der Waals surface area contributed by atoms with Gasteiger partial charge in [0.25, 0.3) is 5.91 Å². The fraction of sp³-hybridized carbons (Fsp3) is 0.304. The van der Waals surface area contributed by atoms with Gasteiger partial charge in [0, 0.05) is 5.69 Å². The Bertz CT molecular complexity index is 1070. The molecule has 1 heterocycles. The molecule has 0 radical (unpaired) electrons. The molecule has 1 atom stereocenters. The first-order valence-electron chi connectivity index (χ1n) is 10.2. The van der Waals surface area contributed by atoms with Crippen molar-refractivity contribution in [2.75, 3.05) is 19.0 Å². The van der Waals surface area contributed by atoms with Crippen LogP contribution in [0.2, 0.25) is 0 Å². The average Bonchev–Trinajstić information content (AvgIpc) is 3.00. The molecular weight excluding hydrogens is 412 g/mol. The zero-order chi connectivity index (χ0) is 23.5. The highest BCUT2D eigenvalue weighted by Crippen LogP contribution is 2.33. The second kappa shape index (κ2) is 9.09. The first kappa shape index (κ1) is 22.8. The Hall–Kier alpha value is -3.88. The minimum atomic E-state index is -1.29. The Morgan fingerprint density at radius 2 is 1.78 bits per heavy atom. The van der Waals surface area contributed by atoms with Crippen LogP contribution in [0.5, 0.6) is 5.75 Å². The average molecular weight is 438 g/mol. The number of aryl methyl sites for hydroxylation is 2. The Balaban J connectivity index is 1.68. The third-order valence-corrected chi connectivity index (χ3v) is 5.47. The molecule has 2 aromatic carbocycles. The molecule has 9 heteroatoms. The summed E-state index contributed by atoms with van der Waals surface area (Å²) in [5, 5.41) is 7.45. The number of nitrogens with one attached hydrogen (secondary N) is 3. The molecule has 168 valence electrons. The number of amides is 6. The van der Waals surface area contributed by atoms with E-state index in [2.05, 4.69) is 16.0 Å². The predicted octanol–water partition coefficient (Wildman–Crippen LogP) is 2.82. The van der Waals surface area contributed by atoms with E-state index in [-0.39, 0.29) is 6.42 Å². The van der Waals surface area contributed by atoms with E-state index in [4.69, 9.17) is 4.74 Å². The number of methoxy groups -OCH3 is 1. The molecule has 1 aliphatic heterocycles. The fourth-order valence-electron chi connectivity index (χ4n) is 3.70. The zero-order valence-electron chi connectivity index (χ0n) is 18.4. The summed E-state index contributed by atoms with van der Waals surface area (Å²) in [6, 6.07) is 10.8. The second-order valence-corrected chi connectivity index (χ2v) is 7.63. The molecule has 0 aliphatic carbocycles. The minimum Gasteiger partial charge on any atom is -0.497 e. The lowest BCUT2D eigenvalue weighted by atomic mass is 9.87. The van der Waals surface area contributed by atoms with Crippen molar-refractivity contribution in [2.45, 2.75) is 32.7 Å². The highest BCUT2D eigenvalue weighted by molar-refractivity contribution is 6.11. The maximum absolute atomic E-state index is 13.1. The van der Waals surface area contributed by atoms with Gasteiger partial charge in [0.15, 0.2) is 0 Å². The number of nitrogens with zero attached hydrogens (tertiary/aromatic N) is 1. The van der Waals surface area contributed by atoms with Crippen molar-refractivity contribution in [3.8, 4) is 5.75 Å². The van der Waals surface area contributed by atoms with Crippen molar-refractivity contribution >= 4 is 29.6 Å². The van der Waals surface area contributed by atoms with Gasteiger partial charge in [0.1, 0.15) is 17.8 Å². The standard InChI is InChI=1S/C23H26N4O5/c1-5-23(16-7-9-17(32-4)10-8-16)20(29)27(22(31)26-23)13-19(28)25-21(30)24-18-11-6-14(2)12-15(18)3/h6-12H,5,13H2,1-4H3,(H,26,31)(H2,24,25,28,30)/t23-/m0/s1. The number of benzene rings is 2. The largest absolute Gasteiger partial charge is 0.497 e. The number of ether oxygens (including phenoxy) is 1. The number of anilines is 1. The van der Waals surface area contributed by atoms with Gasteiger partial charge in [-0.2, -0.15) is 0 Å². The number of carbonyl (C=O) groups excluding carboxylic acids is 4. The molecule has 0 saturated carbocycles. The lowest BCUT2D eigenvalue weighted by molar-refractivity contribution is -0.135. The van der Waals surface area contributed by atoms with Gasteiger partial charge in [-0.3, -0.25) is 19.8 Å². The van der Waals surface area contributed by atoms with E-state index >= 15 is 0 Å². The molecule has 6 amide bonds. The maximum atomic E-state index is 13.1. The SMILES string of the molecule is CC[C@@]1(c2ccc(OC)cc2)NC(=O)N(CC(=O)NC(=O)Nc2ccc(C)cc2C)C1=O. The summed E-state index contributed by atoms with van der Waals surface area (Å²) in [5.41, 5.74) is 1.73. The first-order chi connectivity index (χ1) is 15.2. The van der Waals surface area contributed by atoms with E-state index in [1.165, 1.54) is 7.11 Å². The smallest absolute Gasteiger partial charge is 0.325 e. The number of hydrogen-bond acceptors (Lipinski definition) is 5. The molecule has 2 aromatic rings. The van der Waals surface area contributed by atoms with E-state index in [9.17, 15) is 19.2 Å². The molecule has 32 heavy (non-hydrogen) atoms. The number of hydrogen-bond donors (Lipinski definition) is 3. The normalized spacial score (nSPS) is 17.7. The van der Waals surface area contributed by atoms with Crippen LogP contribution in [-0.4, -0.2) is 42.4 Å². The summed E-state index contributed by atoms with van der Waals surface area (Å²) < 4.78 is 5.14. The summed E-state index contributed by atoms with van der Waals surface area (Å²) in [5.74, 6) is -0.722. The lowest BCUT2D eigenvalue weighted by Crippen LogP contribution is -2.46. The fourth-order valence-corrected chi connectivity index (χ4v) is 3.70. The van der Waals surface area contributed by atoms with Crippen LogP contribution in [-0.2, 0) is 15.1 Å². The van der Waals surface area contributed by atoms with Crippen molar-refractivity contribution in [2.24, 2.45) is 0 Å². The van der Waals surface area contributed by atoms with Crippen LogP contribution in [0.15, 0.2) is 42.5 Å². The van der Waals surface area contributed by atoms with Gasteiger partial charge in [-0.05, 0) is 49.6 Å². The molecule has 0 aromatic heterocycles. The summed E-state index contributed by atoms with van der Waals surface area (Å²) in [6.45, 7) is 4.95. The van der Waals surface area contributed by atoms with Crippen molar-refractivity contribution in [1.29, 1.82) is 0 Å². The first-order valence-corrected chi connectivity index (χ1v) is 10.2. The minimum absolute atomic E-state index is 0.287. The molecule has 3 N–H and O–H groups in total. The van der Waals surface area contributed by atoms with Crippen molar-refractivity contribution in [3.63, 3.8) is 0 Å². The van der Waals surface area contributed by atoms with Crippen LogP contribution >= 0.6 is 0 Å². The van der Waals surface area contributed by atoms with Gasteiger partial charge in [-0.25, -0.2) is 9.59 Å². The molecule has 1 aliphatic rings. The molecule has 1 saturated heterocycles. The Labute approximate surface area is 186 Å². The number of imide groups is 2. The Morgan fingerprint density at radius 3 is 2.38 bits per heavy atom. The quantitative estimate of drug-likeness (QED) is 0.600.